The van der Waals surface area contributed by atoms with Gasteiger partial charge >= 0.3 is 0 Å². The molecule has 29 heavy (non-hydrogen) atoms. The summed E-state index contributed by atoms with van der Waals surface area (Å²) in [5.74, 6) is -0.573. The molecule has 8 nitrogen and oxygen atoms in total. The lowest BCUT2D eigenvalue weighted by Crippen LogP contribution is -2.29. The molecule has 0 aliphatic rings. The first-order valence-electron chi connectivity index (χ1n) is 9.16. The summed E-state index contributed by atoms with van der Waals surface area (Å²) in [5, 5.41) is 14.0. The highest BCUT2D eigenvalue weighted by atomic mass is 79.9. The van der Waals surface area contributed by atoms with E-state index in [1.54, 1.807) is 18.5 Å². The fourth-order valence-electron chi connectivity index (χ4n) is 3.21. The van der Waals surface area contributed by atoms with Crippen LogP contribution in [0.15, 0.2) is 21.4 Å². The number of rotatable bonds is 7. The number of ether oxygens (including phenoxy) is 1. The molecule has 1 aromatic heterocycles. The van der Waals surface area contributed by atoms with Gasteiger partial charge in [-0.25, -0.2) is 0 Å². The lowest BCUT2D eigenvalue weighted by atomic mass is 10.0. The van der Waals surface area contributed by atoms with Crippen LogP contribution in [0.25, 0.3) is 0 Å². The molecule has 2 aromatic rings. The molecule has 0 aliphatic heterocycles. The van der Waals surface area contributed by atoms with Crippen LogP contribution in [0.3, 0.4) is 0 Å². The van der Waals surface area contributed by atoms with E-state index < -0.39 is 16.3 Å². The summed E-state index contributed by atoms with van der Waals surface area (Å²) in [6, 6.07) is 2.90. The van der Waals surface area contributed by atoms with Gasteiger partial charge in [0.1, 0.15) is 5.56 Å². The number of nitrogens with one attached hydrogen (secondary N) is 1. The Morgan fingerprint density at radius 3 is 2.28 bits per heavy atom. The molecule has 0 atom stereocenters. The fourth-order valence-corrected chi connectivity index (χ4v) is 3.68. The topological polar surface area (TPSA) is 103 Å². The number of aryl methyl sites for hydroxylation is 2. The number of hydrogen-bond donors (Lipinski definition) is 1. The Morgan fingerprint density at radius 1 is 1.28 bits per heavy atom. The molecule has 1 aromatic carbocycles. The van der Waals surface area contributed by atoms with Crippen molar-refractivity contribution in [3.8, 4) is 0 Å². The van der Waals surface area contributed by atoms with E-state index in [1.165, 1.54) is 19.2 Å². The molecule has 9 heteroatoms. The van der Waals surface area contributed by atoms with E-state index in [2.05, 4.69) is 21.2 Å². The maximum Gasteiger partial charge on any atom is 0.270 e. The van der Waals surface area contributed by atoms with E-state index in [-0.39, 0.29) is 17.9 Å². The number of nitrogens with zero attached hydrogens (tertiary/aromatic N) is 2. The molecule has 0 radical (unpaired) electrons. The molecule has 0 fully saturated rings. The fraction of sp³-hybridized carbons (Fsp3) is 0.400. The molecule has 0 spiro atoms. The van der Waals surface area contributed by atoms with Crippen molar-refractivity contribution in [2.24, 2.45) is 7.05 Å². The second-order valence-electron chi connectivity index (χ2n) is 6.60. The van der Waals surface area contributed by atoms with Gasteiger partial charge < -0.3 is 14.6 Å². The Labute approximate surface area is 177 Å². The SMILES string of the molecule is CCc1cc([N+](=O)[O-])cc(CC)c1NC(=O)c1c(COC)n(C)c(C)c(Br)c1=O. The van der Waals surface area contributed by atoms with Gasteiger partial charge in [-0.1, -0.05) is 13.8 Å². The van der Waals surface area contributed by atoms with Crippen molar-refractivity contribution in [2.45, 2.75) is 40.2 Å². The van der Waals surface area contributed by atoms with E-state index in [1.807, 2.05) is 13.8 Å². The monoisotopic (exact) mass is 465 g/mol. The van der Waals surface area contributed by atoms with Gasteiger partial charge in [-0.2, -0.15) is 0 Å². The maximum atomic E-state index is 13.2. The van der Waals surface area contributed by atoms with Gasteiger partial charge in [-0.3, -0.25) is 19.7 Å². The standard InChI is InChI=1S/C20H24BrN3O5/c1-6-12-8-14(24(27)28)9-13(7-2)18(12)22-20(26)16-15(10-29-5)23(4)11(3)17(21)19(16)25/h8-9H,6-7,10H2,1-5H3,(H,22,26). The van der Waals surface area contributed by atoms with Crippen LogP contribution in [-0.4, -0.2) is 22.5 Å². The average Bonchev–Trinajstić information content (AvgIpc) is 2.70. The Hall–Kier alpha value is -2.52. The maximum absolute atomic E-state index is 13.2. The number of carbonyl (C=O) groups is 1. The number of hydrogen-bond acceptors (Lipinski definition) is 5. The molecular weight excluding hydrogens is 442 g/mol. The molecule has 0 unspecified atom stereocenters. The minimum absolute atomic E-state index is 0.0192. The number of nitro benzene ring substituents is 1. The highest BCUT2D eigenvalue weighted by molar-refractivity contribution is 9.10. The van der Waals surface area contributed by atoms with Gasteiger partial charge in [0.2, 0.25) is 5.43 Å². The van der Waals surface area contributed by atoms with E-state index >= 15 is 0 Å². The van der Waals surface area contributed by atoms with Crippen molar-refractivity contribution in [2.75, 3.05) is 12.4 Å². The molecule has 156 valence electrons. The highest BCUT2D eigenvalue weighted by Gasteiger charge is 2.24. The number of halogens is 1. The molecule has 0 saturated heterocycles. The number of pyridine rings is 1. The number of anilines is 1. The zero-order chi connectivity index (χ0) is 21.9. The minimum atomic E-state index is -0.573. The number of aromatic nitrogens is 1. The summed E-state index contributed by atoms with van der Waals surface area (Å²) in [5.41, 5.74) is 2.45. The summed E-state index contributed by atoms with van der Waals surface area (Å²) in [4.78, 5) is 36.8. The third kappa shape index (κ3) is 4.40. The Morgan fingerprint density at radius 2 is 1.83 bits per heavy atom. The quantitative estimate of drug-likeness (QED) is 0.493. The number of nitro groups is 1. The first kappa shape index (κ1) is 22.8. The summed E-state index contributed by atoms with van der Waals surface area (Å²) < 4.78 is 7.24. The van der Waals surface area contributed by atoms with Crippen LogP contribution in [0.5, 0.6) is 0 Å². The van der Waals surface area contributed by atoms with Crippen molar-refractivity contribution in [3.63, 3.8) is 0 Å². The molecule has 0 aliphatic carbocycles. The lowest BCUT2D eigenvalue weighted by Gasteiger charge is -2.19. The summed E-state index contributed by atoms with van der Waals surface area (Å²) >= 11 is 3.27. The average molecular weight is 466 g/mol. The molecule has 0 bridgehead atoms. The van der Waals surface area contributed by atoms with Crippen LogP contribution in [0.2, 0.25) is 0 Å². The van der Waals surface area contributed by atoms with Gasteiger partial charge in [0.05, 0.1) is 21.7 Å². The molecule has 1 N–H and O–H groups in total. The van der Waals surface area contributed by atoms with Crippen LogP contribution < -0.4 is 10.7 Å². The predicted octanol–water partition coefficient (Wildman–Crippen LogP) is 3.89. The van der Waals surface area contributed by atoms with E-state index in [4.69, 9.17) is 4.74 Å². The normalized spacial score (nSPS) is 10.8. The third-order valence-electron chi connectivity index (χ3n) is 4.95. The molecule has 2 rings (SSSR count). The van der Waals surface area contributed by atoms with Gasteiger partial charge in [0, 0.05) is 37.7 Å². The number of non-ortho nitro benzene ring substituents is 1. The van der Waals surface area contributed by atoms with E-state index in [0.717, 1.165) is 0 Å². The van der Waals surface area contributed by atoms with Gasteiger partial charge in [0.15, 0.2) is 0 Å². The van der Waals surface area contributed by atoms with Crippen molar-refractivity contribution < 1.29 is 14.5 Å². The van der Waals surface area contributed by atoms with E-state index in [9.17, 15) is 19.7 Å². The third-order valence-corrected chi connectivity index (χ3v) is 5.88. The summed E-state index contributed by atoms with van der Waals surface area (Å²) in [6.07, 6.45) is 0.982. The van der Waals surface area contributed by atoms with Gasteiger partial charge in [-0.05, 0) is 46.8 Å². The van der Waals surface area contributed by atoms with E-state index in [0.29, 0.717) is 45.5 Å². The zero-order valence-corrected chi connectivity index (χ0v) is 18.7. The zero-order valence-electron chi connectivity index (χ0n) is 17.1. The Kier molecular flexibility index (Phi) is 7.32. The lowest BCUT2D eigenvalue weighted by molar-refractivity contribution is -0.385. The van der Waals surface area contributed by atoms with Gasteiger partial charge in [-0.15, -0.1) is 0 Å². The number of methoxy groups -OCH3 is 1. The number of benzene rings is 1. The van der Waals surface area contributed by atoms with Gasteiger partial charge in [0.25, 0.3) is 11.6 Å². The highest BCUT2D eigenvalue weighted by Crippen LogP contribution is 2.29. The van der Waals surface area contributed by atoms with Crippen molar-refractivity contribution in [3.05, 3.63) is 65.0 Å². The Bertz CT molecular complexity index is 1000. The first-order valence-corrected chi connectivity index (χ1v) is 9.95. The van der Waals surface area contributed by atoms with Crippen molar-refractivity contribution in [1.29, 1.82) is 0 Å². The Balaban J connectivity index is 2.65. The largest absolute Gasteiger partial charge is 0.378 e. The smallest absolute Gasteiger partial charge is 0.270 e. The molecule has 1 amide bonds. The predicted molar refractivity (Wildman–Crippen MR) is 115 cm³/mol. The molecular formula is C20H24BrN3O5. The van der Waals surface area contributed by atoms with Crippen molar-refractivity contribution >= 4 is 33.2 Å². The summed E-state index contributed by atoms with van der Waals surface area (Å²) in [7, 11) is 3.25. The molecule has 1 heterocycles. The van der Waals surface area contributed by atoms with Crippen LogP contribution in [0, 0.1) is 17.0 Å². The van der Waals surface area contributed by atoms with Crippen LogP contribution in [0.4, 0.5) is 11.4 Å². The summed E-state index contributed by atoms with van der Waals surface area (Å²) in [6.45, 7) is 5.56. The number of carbonyl (C=O) groups excluding carboxylic acids is 1. The second kappa shape index (κ2) is 9.32. The van der Waals surface area contributed by atoms with Crippen LogP contribution in [0.1, 0.15) is 46.7 Å². The second-order valence-corrected chi connectivity index (χ2v) is 7.39. The minimum Gasteiger partial charge on any atom is -0.378 e. The van der Waals surface area contributed by atoms with Crippen molar-refractivity contribution in [1.82, 2.24) is 4.57 Å². The first-order chi connectivity index (χ1) is 13.7. The van der Waals surface area contributed by atoms with Crippen LogP contribution >= 0.6 is 15.9 Å². The number of amides is 1. The van der Waals surface area contributed by atoms with Crippen LogP contribution in [-0.2, 0) is 31.2 Å². The molecule has 0 saturated carbocycles.